The van der Waals surface area contributed by atoms with Crippen molar-refractivity contribution in [2.24, 2.45) is 5.92 Å². The molecule has 0 aromatic rings. The summed E-state index contributed by atoms with van der Waals surface area (Å²) < 4.78 is 22.6. The Labute approximate surface area is 118 Å². The second-order valence-corrected chi connectivity index (χ2v) is 9.12. The molecule has 1 saturated heterocycles. The first-order valence-electron chi connectivity index (χ1n) is 6.60. The van der Waals surface area contributed by atoms with Crippen molar-refractivity contribution in [2.45, 2.75) is 30.6 Å². The van der Waals surface area contributed by atoms with Crippen LogP contribution in [0.15, 0.2) is 0 Å². The maximum Gasteiger partial charge on any atom is 0.232 e. The van der Waals surface area contributed by atoms with E-state index in [1.54, 1.807) is 11.9 Å². The van der Waals surface area contributed by atoms with E-state index in [-0.39, 0.29) is 28.8 Å². The number of nitrogens with zero attached hydrogens (tertiary/aromatic N) is 1. The van der Waals surface area contributed by atoms with Crippen LogP contribution in [0.4, 0.5) is 0 Å². The normalized spacial score (nSPS) is 32.8. The number of hydrogen-bond acceptors (Lipinski definition) is 5. The number of hydrogen-bond donors (Lipinski definition) is 1. The van der Waals surface area contributed by atoms with Crippen molar-refractivity contribution >= 4 is 27.5 Å². The molecule has 1 aliphatic carbocycles. The van der Waals surface area contributed by atoms with Gasteiger partial charge in [-0.15, -0.1) is 11.8 Å². The lowest BCUT2D eigenvalue weighted by molar-refractivity contribution is -0.128. The minimum atomic E-state index is -2.86. The van der Waals surface area contributed by atoms with E-state index in [0.29, 0.717) is 24.6 Å². The van der Waals surface area contributed by atoms with Crippen molar-refractivity contribution in [2.75, 3.05) is 30.9 Å². The molecule has 1 amide bonds. The van der Waals surface area contributed by atoms with Gasteiger partial charge in [0.2, 0.25) is 5.91 Å². The molecule has 0 aromatic heterocycles. The number of thioether (sulfide) groups is 1. The molecule has 1 saturated carbocycles. The van der Waals surface area contributed by atoms with Crippen LogP contribution in [-0.2, 0) is 14.6 Å². The van der Waals surface area contributed by atoms with E-state index in [4.69, 9.17) is 0 Å². The summed E-state index contributed by atoms with van der Waals surface area (Å²) >= 11 is 1.46. The molecule has 2 fully saturated rings. The number of carbonyl (C=O) groups excluding carboxylic acids is 1. The monoisotopic (exact) mass is 307 g/mol. The standard InChI is InChI=1S/C12H21NO4S2/c1-13(6-9-4-10(14)5-9)12(15)7-18-11-2-3-19(16,17)8-11/h9-11,14H,2-8H2,1H3. The van der Waals surface area contributed by atoms with Gasteiger partial charge in [-0.2, -0.15) is 0 Å². The number of amides is 1. The second kappa shape index (κ2) is 6.01. The third-order valence-corrected chi connectivity index (χ3v) is 7.07. The summed E-state index contributed by atoms with van der Waals surface area (Å²) in [5.41, 5.74) is 0. The van der Waals surface area contributed by atoms with Gasteiger partial charge >= 0.3 is 0 Å². The third-order valence-electron chi connectivity index (χ3n) is 3.80. The van der Waals surface area contributed by atoms with E-state index in [2.05, 4.69) is 0 Å². The van der Waals surface area contributed by atoms with Crippen LogP contribution in [0.5, 0.6) is 0 Å². The molecule has 1 N–H and O–H groups in total. The van der Waals surface area contributed by atoms with E-state index < -0.39 is 9.84 Å². The average Bonchev–Trinajstić information content (AvgIpc) is 2.63. The van der Waals surface area contributed by atoms with E-state index in [9.17, 15) is 18.3 Å². The minimum Gasteiger partial charge on any atom is -0.393 e. The second-order valence-electron chi connectivity index (χ2n) is 5.60. The Balaban J connectivity index is 1.66. The first-order chi connectivity index (χ1) is 8.85. The maximum absolute atomic E-state index is 11.9. The molecule has 7 heteroatoms. The molecular formula is C12H21NO4S2. The lowest BCUT2D eigenvalue weighted by atomic mass is 9.82. The number of aliphatic hydroxyl groups is 1. The topological polar surface area (TPSA) is 74.7 Å². The van der Waals surface area contributed by atoms with Gasteiger partial charge in [-0.25, -0.2) is 8.42 Å². The Hall–Kier alpha value is -0.270. The molecule has 0 aromatic carbocycles. The van der Waals surface area contributed by atoms with Crippen LogP contribution in [0, 0.1) is 5.92 Å². The predicted octanol–water partition coefficient (Wildman–Crippen LogP) is 0.136. The molecule has 0 spiro atoms. The SMILES string of the molecule is CN(CC1CC(O)C1)C(=O)CSC1CCS(=O)(=O)C1. The number of aliphatic hydroxyl groups excluding tert-OH is 1. The zero-order valence-corrected chi connectivity index (χ0v) is 12.8. The first-order valence-corrected chi connectivity index (χ1v) is 9.47. The fraction of sp³-hybridized carbons (Fsp3) is 0.917. The van der Waals surface area contributed by atoms with Crippen molar-refractivity contribution in [3.8, 4) is 0 Å². The van der Waals surface area contributed by atoms with Gasteiger partial charge < -0.3 is 10.0 Å². The summed E-state index contributed by atoms with van der Waals surface area (Å²) in [6, 6.07) is 0. The van der Waals surface area contributed by atoms with Crippen molar-refractivity contribution in [3.05, 3.63) is 0 Å². The van der Waals surface area contributed by atoms with Gasteiger partial charge in [-0.05, 0) is 25.2 Å². The fourth-order valence-corrected chi connectivity index (χ4v) is 6.11. The highest BCUT2D eigenvalue weighted by atomic mass is 32.2. The van der Waals surface area contributed by atoms with Gasteiger partial charge in [0.1, 0.15) is 0 Å². The molecule has 0 bridgehead atoms. The van der Waals surface area contributed by atoms with Crippen molar-refractivity contribution < 1.29 is 18.3 Å². The van der Waals surface area contributed by atoms with Crippen molar-refractivity contribution in [1.29, 1.82) is 0 Å². The Kier molecular flexibility index (Phi) is 4.79. The lowest BCUT2D eigenvalue weighted by Gasteiger charge is -2.34. The molecule has 1 atom stereocenters. The molecular weight excluding hydrogens is 286 g/mol. The summed E-state index contributed by atoms with van der Waals surface area (Å²) in [4.78, 5) is 13.6. The summed E-state index contributed by atoms with van der Waals surface area (Å²) in [5.74, 6) is 1.29. The molecule has 1 heterocycles. The highest BCUT2D eigenvalue weighted by Crippen LogP contribution is 2.28. The van der Waals surface area contributed by atoms with E-state index in [1.807, 2.05) is 0 Å². The molecule has 1 unspecified atom stereocenters. The summed E-state index contributed by atoms with van der Waals surface area (Å²) in [5, 5.41) is 9.28. The number of carbonyl (C=O) groups is 1. The molecule has 19 heavy (non-hydrogen) atoms. The Morgan fingerprint density at radius 1 is 1.42 bits per heavy atom. The molecule has 0 radical (unpaired) electrons. The molecule has 110 valence electrons. The van der Waals surface area contributed by atoms with Gasteiger partial charge in [-0.1, -0.05) is 0 Å². The van der Waals surface area contributed by atoms with Crippen LogP contribution in [-0.4, -0.2) is 66.5 Å². The quantitative estimate of drug-likeness (QED) is 0.782. The van der Waals surface area contributed by atoms with E-state index in [1.165, 1.54) is 11.8 Å². The maximum atomic E-state index is 11.9. The van der Waals surface area contributed by atoms with Crippen LogP contribution in [0.25, 0.3) is 0 Å². The number of sulfone groups is 1. The Morgan fingerprint density at radius 2 is 2.11 bits per heavy atom. The van der Waals surface area contributed by atoms with Gasteiger partial charge in [0.05, 0.1) is 23.4 Å². The Morgan fingerprint density at radius 3 is 2.63 bits per heavy atom. The molecule has 1 aliphatic heterocycles. The lowest BCUT2D eigenvalue weighted by Crippen LogP contribution is -2.40. The minimum absolute atomic E-state index is 0.0516. The highest BCUT2D eigenvalue weighted by Gasteiger charge is 2.31. The molecule has 2 rings (SSSR count). The predicted molar refractivity (Wildman–Crippen MR) is 75.9 cm³/mol. The van der Waals surface area contributed by atoms with Crippen molar-refractivity contribution in [3.63, 3.8) is 0 Å². The van der Waals surface area contributed by atoms with Crippen LogP contribution in [0.2, 0.25) is 0 Å². The van der Waals surface area contributed by atoms with Crippen LogP contribution < -0.4 is 0 Å². The highest BCUT2D eigenvalue weighted by molar-refractivity contribution is 8.02. The summed E-state index contributed by atoms with van der Waals surface area (Å²) in [6.07, 6.45) is 2.04. The summed E-state index contributed by atoms with van der Waals surface area (Å²) in [7, 11) is -1.08. The van der Waals surface area contributed by atoms with Crippen LogP contribution in [0.3, 0.4) is 0 Å². The van der Waals surface area contributed by atoms with Gasteiger partial charge in [0, 0.05) is 18.8 Å². The van der Waals surface area contributed by atoms with E-state index >= 15 is 0 Å². The van der Waals surface area contributed by atoms with Gasteiger partial charge in [-0.3, -0.25) is 4.79 Å². The third kappa shape index (κ3) is 4.36. The number of rotatable bonds is 5. The zero-order valence-electron chi connectivity index (χ0n) is 11.1. The van der Waals surface area contributed by atoms with Gasteiger partial charge in [0.25, 0.3) is 0 Å². The fourth-order valence-electron chi connectivity index (χ4n) is 2.53. The molecule has 5 nitrogen and oxygen atoms in total. The van der Waals surface area contributed by atoms with Crippen molar-refractivity contribution in [1.82, 2.24) is 4.90 Å². The van der Waals surface area contributed by atoms with Gasteiger partial charge in [0.15, 0.2) is 9.84 Å². The largest absolute Gasteiger partial charge is 0.393 e. The van der Waals surface area contributed by atoms with E-state index in [0.717, 1.165) is 12.8 Å². The average molecular weight is 307 g/mol. The van der Waals surface area contributed by atoms with Crippen LogP contribution in [0.1, 0.15) is 19.3 Å². The smallest absolute Gasteiger partial charge is 0.232 e. The Bertz CT molecular complexity index is 431. The zero-order chi connectivity index (χ0) is 14.0. The van der Waals surface area contributed by atoms with Crippen LogP contribution >= 0.6 is 11.8 Å². The first kappa shape index (κ1) is 15.1. The summed E-state index contributed by atoms with van der Waals surface area (Å²) in [6.45, 7) is 0.694. The molecule has 2 aliphatic rings.